The van der Waals surface area contributed by atoms with Crippen LogP contribution in [-0.2, 0) is 4.79 Å². The molecule has 11 heavy (non-hydrogen) atoms. The fourth-order valence-corrected chi connectivity index (χ4v) is 0. The number of carboxylic acid groups (broad SMARTS) is 1. The van der Waals surface area contributed by atoms with E-state index in [1.165, 1.54) is 13.3 Å². The molecule has 0 spiro atoms. The molecule has 0 amide bonds. The van der Waals surface area contributed by atoms with Gasteiger partial charge in [0.05, 0.1) is 0 Å². The summed E-state index contributed by atoms with van der Waals surface area (Å²) in [7, 11) is 0. The van der Waals surface area contributed by atoms with E-state index < -0.39 is 5.97 Å². The molecule has 0 saturated carbocycles. The van der Waals surface area contributed by atoms with Crippen LogP contribution in [0.3, 0.4) is 0 Å². The summed E-state index contributed by atoms with van der Waals surface area (Å²) in [6.45, 7) is 6.72. The molecule has 60 valence electrons. The van der Waals surface area contributed by atoms with Gasteiger partial charge < -0.3 is 5.11 Å². The normalized spacial score (nSPS) is 11.0. The topological polar surface area (TPSA) is 63.3 Å². The van der Waals surface area contributed by atoms with Gasteiger partial charge in [-0.15, -0.1) is 0 Å². The number of aliphatic carboxylic acids is 1. The Bertz CT molecular complexity index is 122. The van der Waals surface area contributed by atoms with E-state index in [0.717, 1.165) is 49.0 Å². The van der Waals surface area contributed by atoms with Crippen LogP contribution in [0.5, 0.6) is 0 Å². The third-order valence-corrected chi connectivity index (χ3v) is 2.28. The molecule has 0 aromatic carbocycles. The minimum atomic E-state index is -0.935. The van der Waals surface area contributed by atoms with Crippen LogP contribution in [0.1, 0.15) is 20.3 Å². The molecule has 1 atom stereocenters. The fourth-order valence-electron chi connectivity index (χ4n) is 0. The summed E-state index contributed by atoms with van der Waals surface area (Å²) in [6, 6.07) is 0. The van der Waals surface area contributed by atoms with Gasteiger partial charge in [-0.2, -0.15) is 0 Å². The Kier molecular flexibility index (Phi) is 11.6. The van der Waals surface area contributed by atoms with Crippen LogP contribution >= 0.6 is 0 Å². The van der Waals surface area contributed by atoms with Crippen molar-refractivity contribution in [2.45, 2.75) is 20.4 Å². The standard InChI is InChI=1S/C4H6O2.C3H8N.K/c1-3(2)4(5)6;1-2-3-4;/h1H2,2H3,(H,5,6);3H,2,4H2,1H3;. The van der Waals surface area contributed by atoms with Gasteiger partial charge in [0, 0.05) is 5.57 Å². The van der Waals surface area contributed by atoms with Gasteiger partial charge in [-0.1, -0.05) is 6.58 Å². The van der Waals surface area contributed by atoms with E-state index in [-0.39, 0.29) is 5.57 Å². The summed E-state index contributed by atoms with van der Waals surface area (Å²) in [5.74, 6) is -0.935. The Morgan fingerprint density at radius 2 is 2.00 bits per heavy atom. The second kappa shape index (κ2) is 8.90. The predicted octanol–water partition coefficient (Wildman–Crippen LogP) is 0.497. The second-order valence-corrected chi connectivity index (χ2v) is 4.79. The summed E-state index contributed by atoms with van der Waals surface area (Å²) >= 11 is 0.849. The predicted molar refractivity (Wildman–Crippen MR) is 46.5 cm³/mol. The van der Waals surface area contributed by atoms with Crippen LogP contribution in [0.25, 0.3) is 0 Å². The van der Waals surface area contributed by atoms with E-state index in [2.05, 4.69) is 13.5 Å². The van der Waals surface area contributed by atoms with E-state index >= 15 is 0 Å². The van der Waals surface area contributed by atoms with Crippen molar-refractivity contribution >= 4 is 54.9 Å². The van der Waals surface area contributed by atoms with Gasteiger partial charge in [0.15, 0.2) is 0 Å². The van der Waals surface area contributed by atoms with Crippen molar-refractivity contribution in [1.29, 1.82) is 0 Å². The van der Waals surface area contributed by atoms with Gasteiger partial charge in [0.2, 0.25) is 0 Å². The zero-order valence-electron chi connectivity index (χ0n) is 7.42. The molecule has 0 bridgehead atoms. The van der Waals surface area contributed by atoms with E-state index in [9.17, 15) is 4.79 Å². The van der Waals surface area contributed by atoms with E-state index in [1.807, 2.05) is 0 Å². The van der Waals surface area contributed by atoms with Crippen molar-refractivity contribution in [3.8, 4) is 0 Å². The molecular weight excluding hydrogens is 169 g/mol. The monoisotopic (exact) mass is 183 g/mol. The SMILES string of the molecule is C=C(C)C(=O)O.CC[CH](N)[K]. The molecular formula is C7H14KNO2. The number of nitrogens with two attached hydrogens (primary N) is 1. The minimum absolute atomic E-state index is 0.176. The van der Waals surface area contributed by atoms with Gasteiger partial charge in [-0.3, -0.25) is 0 Å². The Morgan fingerprint density at radius 1 is 1.82 bits per heavy atom. The zero-order valence-corrected chi connectivity index (χ0v) is 10.5. The Morgan fingerprint density at radius 3 is 2.00 bits per heavy atom. The Balaban J connectivity index is 0. The molecule has 0 aliphatic rings. The van der Waals surface area contributed by atoms with Crippen LogP contribution in [0.15, 0.2) is 12.2 Å². The number of carboxylic acids is 1. The molecule has 0 fully saturated rings. The van der Waals surface area contributed by atoms with Crippen molar-refractivity contribution in [3.05, 3.63) is 12.2 Å². The van der Waals surface area contributed by atoms with Gasteiger partial charge in [-0.25, -0.2) is 4.79 Å². The number of carbonyl (C=O) groups is 1. The van der Waals surface area contributed by atoms with Crippen molar-refractivity contribution in [1.82, 2.24) is 0 Å². The first-order chi connectivity index (χ1) is 4.91. The molecule has 0 saturated heterocycles. The molecule has 3 nitrogen and oxygen atoms in total. The molecule has 0 rings (SSSR count). The van der Waals surface area contributed by atoms with E-state index in [4.69, 9.17) is 10.8 Å². The van der Waals surface area contributed by atoms with Crippen molar-refractivity contribution in [2.24, 2.45) is 5.73 Å². The summed E-state index contributed by atoms with van der Waals surface area (Å²) in [6.07, 6.45) is 1.17. The van der Waals surface area contributed by atoms with E-state index in [1.54, 1.807) is 0 Å². The first kappa shape index (κ1) is 14.3. The first-order valence-electron chi connectivity index (χ1n) is 3.56. The van der Waals surface area contributed by atoms with Gasteiger partial charge in [0.25, 0.3) is 0 Å². The molecule has 0 aliphatic heterocycles. The van der Waals surface area contributed by atoms with Crippen LogP contribution in [0.4, 0.5) is 0 Å². The second-order valence-electron chi connectivity index (χ2n) is 2.47. The molecule has 0 radical (unpaired) electrons. The Hall–Kier alpha value is 0.806. The average Bonchev–Trinajstić information content (AvgIpc) is 1.89. The van der Waals surface area contributed by atoms with Crippen LogP contribution in [0.2, 0.25) is 0 Å². The first-order valence-corrected chi connectivity index (χ1v) is 5.36. The number of rotatable bonds is 2. The molecule has 1 unspecified atom stereocenters. The molecule has 0 aromatic heterocycles. The maximum atomic E-state index is 9.60. The quantitative estimate of drug-likeness (QED) is 0.484. The van der Waals surface area contributed by atoms with E-state index in [0.29, 0.717) is 0.136 Å². The molecule has 3 N–H and O–H groups in total. The van der Waals surface area contributed by atoms with Crippen LogP contribution in [-0.4, -0.2) is 60.2 Å². The van der Waals surface area contributed by atoms with Crippen molar-refractivity contribution in [3.63, 3.8) is 0 Å². The summed E-state index contributed by atoms with van der Waals surface area (Å²) in [5.41, 5.74) is 5.55. The molecule has 0 aliphatic carbocycles. The van der Waals surface area contributed by atoms with Crippen LogP contribution < -0.4 is 5.73 Å². The molecule has 0 heterocycles. The zero-order chi connectivity index (χ0) is 9.44. The van der Waals surface area contributed by atoms with Gasteiger partial charge in [-0.05, 0) is 6.92 Å². The third-order valence-electron chi connectivity index (χ3n) is 1.01. The fraction of sp³-hybridized carbons (Fsp3) is 0.571. The Labute approximate surface area is 102 Å². The summed E-state index contributed by atoms with van der Waals surface area (Å²) < 4.78 is 0.572. The summed E-state index contributed by atoms with van der Waals surface area (Å²) in [5, 5.41) is 7.89. The number of hydrogen-bond acceptors (Lipinski definition) is 2. The maximum absolute atomic E-state index is 9.60. The molecule has 4 heteroatoms. The summed E-state index contributed by atoms with van der Waals surface area (Å²) in [4.78, 5) is 9.60. The van der Waals surface area contributed by atoms with Gasteiger partial charge >= 0.3 is 74.1 Å². The average molecular weight is 183 g/mol. The van der Waals surface area contributed by atoms with Crippen molar-refractivity contribution < 1.29 is 9.90 Å². The molecule has 0 aromatic rings. The van der Waals surface area contributed by atoms with Gasteiger partial charge in [0.1, 0.15) is 0 Å². The van der Waals surface area contributed by atoms with Crippen LogP contribution in [0, 0.1) is 0 Å². The van der Waals surface area contributed by atoms with Crippen molar-refractivity contribution in [2.75, 3.05) is 0 Å². The third kappa shape index (κ3) is 18.1. The number of hydrogen-bond donors (Lipinski definition) is 2.